The van der Waals surface area contributed by atoms with Gasteiger partial charge in [-0.15, -0.1) is 0 Å². The standard InChI is InChI=1S/C40H48N4O3/c1-5-22-13-21-14-31-37-25(11-12-44(20-21)39(22)31)27-18-35(46-3)28(16-33(27)43-37)29-15-26-23(6-2)19-41-34(36(26)40(45)47-4)17-30-24-9-7-8-10-32(24)42-38(29)30/h6-10,16,18,21-22,26,29,31,34,36,39,41-43H,5,11-15,17,19-20H2,1-4H3/b23-6-/t21-,22-,26+,29+,31-,34-,36-,39-/m0/s1. The van der Waals surface area contributed by atoms with Crippen LogP contribution in [0.5, 0.6) is 5.75 Å². The lowest BCUT2D eigenvalue weighted by atomic mass is 9.65. The lowest BCUT2D eigenvalue weighted by Crippen LogP contribution is -2.56. The smallest absolute Gasteiger partial charge is 0.310 e. The molecule has 6 heterocycles. The highest BCUT2D eigenvalue weighted by molar-refractivity contribution is 5.89. The third-order valence-corrected chi connectivity index (χ3v) is 13.1. The number of fused-ring (bicyclic) bond motifs is 9. The summed E-state index contributed by atoms with van der Waals surface area (Å²) in [6.45, 7) is 7.72. The molecule has 0 spiro atoms. The number of piperidine rings is 3. The molecule has 7 heteroatoms. The van der Waals surface area contributed by atoms with Crippen LogP contribution >= 0.6 is 0 Å². The minimum atomic E-state index is -0.253. The Morgan fingerprint density at radius 2 is 1.85 bits per heavy atom. The minimum Gasteiger partial charge on any atom is -0.496 e. The number of aromatic amines is 2. The summed E-state index contributed by atoms with van der Waals surface area (Å²) in [5.74, 6) is 2.85. The van der Waals surface area contributed by atoms with Gasteiger partial charge in [0.15, 0.2) is 0 Å². The Hall–Kier alpha value is -3.55. The number of rotatable bonds is 4. The number of benzene rings is 2. The molecule has 6 bridgehead atoms. The van der Waals surface area contributed by atoms with Gasteiger partial charge in [-0.05, 0) is 86.1 Å². The summed E-state index contributed by atoms with van der Waals surface area (Å²) in [6.07, 6.45) is 8.85. The molecule has 47 heavy (non-hydrogen) atoms. The average molecular weight is 633 g/mol. The van der Waals surface area contributed by atoms with E-state index in [0.717, 1.165) is 55.5 Å². The lowest BCUT2D eigenvalue weighted by molar-refractivity contribution is -0.149. The molecule has 1 saturated carbocycles. The van der Waals surface area contributed by atoms with Crippen LogP contribution in [0.1, 0.15) is 79.4 Å². The predicted molar refractivity (Wildman–Crippen MR) is 186 cm³/mol. The number of ether oxygens (including phenoxy) is 2. The average Bonchev–Trinajstić information content (AvgIpc) is 3.62. The molecule has 6 aliphatic rings. The third-order valence-electron chi connectivity index (χ3n) is 13.1. The van der Waals surface area contributed by atoms with Crippen LogP contribution in [0.25, 0.3) is 21.8 Å². The molecule has 10 rings (SSSR count). The Morgan fingerprint density at radius 3 is 2.66 bits per heavy atom. The van der Waals surface area contributed by atoms with Crippen molar-refractivity contribution in [1.29, 1.82) is 0 Å². The molecule has 1 unspecified atom stereocenters. The first kappa shape index (κ1) is 29.6. The molecule has 0 amide bonds. The van der Waals surface area contributed by atoms with Gasteiger partial charge in [-0.1, -0.05) is 43.2 Å². The van der Waals surface area contributed by atoms with E-state index in [1.54, 1.807) is 0 Å². The zero-order chi connectivity index (χ0) is 32.0. The Balaban J connectivity index is 1.23. The van der Waals surface area contributed by atoms with Gasteiger partial charge in [0.05, 0.1) is 20.1 Å². The van der Waals surface area contributed by atoms with Crippen molar-refractivity contribution in [3.63, 3.8) is 0 Å². The van der Waals surface area contributed by atoms with Gasteiger partial charge in [0, 0.05) is 82.3 Å². The molecule has 4 fully saturated rings. The number of carbonyl (C=O) groups is 1. The fraction of sp³-hybridized carbons (Fsp3) is 0.525. The van der Waals surface area contributed by atoms with E-state index in [0.29, 0.717) is 12.0 Å². The zero-order valence-electron chi connectivity index (χ0n) is 28.2. The number of methoxy groups -OCH3 is 2. The fourth-order valence-electron chi connectivity index (χ4n) is 11.1. The second-order valence-electron chi connectivity index (χ2n) is 15.1. The summed E-state index contributed by atoms with van der Waals surface area (Å²) < 4.78 is 11.8. The SMILES string of the molecule is C/C=C1/CN[C@H]2Cc3c([nH]c4ccccc34)[C@@H](c3cc4[nH]c5c(c4cc3OC)CCN3C[C@H]4C[C@H](CC)[C@H]3[C@H]5C4)C[C@H]1[C@@H]2C(=O)OC. The minimum absolute atomic E-state index is 0.0100. The molecule has 3 N–H and O–H groups in total. The summed E-state index contributed by atoms with van der Waals surface area (Å²) in [6, 6.07) is 14.0. The summed E-state index contributed by atoms with van der Waals surface area (Å²) in [5.41, 5.74) is 10.4. The summed E-state index contributed by atoms with van der Waals surface area (Å²) >= 11 is 0. The first-order valence-electron chi connectivity index (χ1n) is 18.0. The predicted octanol–water partition coefficient (Wildman–Crippen LogP) is 6.82. The fourth-order valence-corrected chi connectivity index (χ4v) is 11.1. The van der Waals surface area contributed by atoms with Gasteiger partial charge in [0.1, 0.15) is 5.75 Å². The van der Waals surface area contributed by atoms with E-state index < -0.39 is 0 Å². The Morgan fingerprint density at radius 1 is 1.00 bits per heavy atom. The van der Waals surface area contributed by atoms with Gasteiger partial charge in [0.2, 0.25) is 0 Å². The monoisotopic (exact) mass is 632 g/mol. The molecule has 246 valence electrons. The van der Waals surface area contributed by atoms with E-state index in [4.69, 9.17) is 9.47 Å². The first-order valence-corrected chi connectivity index (χ1v) is 18.0. The molecule has 2 aromatic carbocycles. The van der Waals surface area contributed by atoms with Crippen molar-refractivity contribution in [1.82, 2.24) is 20.2 Å². The number of para-hydroxylation sites is 1. The first-order chi connectivity index (χ1) is 23.0. The topological polar surface area (TPSA) is 82.4 Å². The highest BCUT2D eigenvalue weighted by atomic mass is 16.5. The van der Waals surface area contributed by atoms with Crippen LogP contribution in [-0.4, -0.2) is 66.8 Å². The summed E-state index contributed by atoms with van der Waals surface area (Å²) in [7, 11) is 3.36. The van der Waals surface area contributed by atoms with Gasteiger partial charge in [0.25, 0.3) is 0 Å². The number of hydrogen-bond acceptors (Lipinski definition) is 5. The van der Waals surface area contributed by atoms with E-state index in [9.17, 15) is 4.79 Å². The Kier molecular flexibility index (Phi) is 7.09. The molecular formula is C40H48N4O3. The van der Waals surface area contributed by atoms with Crippen LogP contribution in [0.4, 0.5) is 0 Å². The number of hydrogen-bond donors (Lipinski definition) is 3. The van der Waals surface area contributed by atoms with Gasteiger partial charge >= 0.3 is 5.97 Å². The molecule has 0 radical (unpaired) electrons. The highest BCUT2D eigenvalue weighted by Gasteiger charge is 2.49. The van der Waals surface area contributed by atoms with Gasteiger partial charge in [-0.2, -0.15) is 0 Å². The normalized spacial score (nSPS) is 33.6. The van der Waals surface area contributed by atoms with Crippen LogP contribution in [0.3, 0.4) is 0 Å². The van der Waals surface area contributed by atoms with Crippen molar-refractivity contribution in [3.05, 3.63) is 76.1 Å². The van der Waals surface area contributed by atoms with E-state index >= 15 is 0 Å². The van der Waals surface area contributed by atoms with E-state index in [1.807, 2.05) is 7.11 Å². The molecule has 2 aliphatic carbocycles. The van der Waals surface area contributed by atoms with Crippen LogP contribution in [0, 0.1) is 23.7 Å². The largest absolute Gasteiger partial charge is 0.496 e. The number of allylic oxidation sites excluding steroid dienone is 1. The number of H-pyrrole nitrogens is 2. The lowest BCUT2D eigenvalue weighted by Gasteiger charge is -2.53. The number of nitrogens with one attached hydrogen (secondary N) is 3. The van der Waals surface area contributed by atoms with Crippen molar-refractivity contribution < 1.29 is 14.3 Å². The van der Waals surface area contributed by atoms with Crippen molar-refractivity contribution in [2.45, 2.75) is 76.3 Å². The second kappa shape index (κ2) is 11.3. The maximum absolute atomic E-state index is 13.6. The van der Waals surface area contributed by atoms with Crippen LogP contribution in [0.2, 0.25) is 0 Å². The van der Waals surface area contributed by atoms with Crippen LogP contribution in [-0.2, 0) is 22.4 Å². The summed E-state index contributed by atoms with van der Waals surface area (Å²) in [5, 5.41) is 6.30. The second-order valence-corrected chi connectivity index (χ2v) is 15.1. The molecule has 7 nitrogen and oxygen atoms in total. The zero-order valence-corrected chi connectivity index (χ0v) is 28.2. The number of nitrogens with zero attached hydrogens (tertiary/aromatic N) is 1. The van der Waals surface area contributed by atoms with Crippen molar-refractivity contribution in [3.8, 4) is 5.75 Å². The van der Waals surface area contributed by atoms with Crippen LogP contribution < -0.4 is 10.1 Å². The number of aromatic nitrogens is 2. The van der Waals surface area contributed by atoms with Gasteiger partial charge in [-0.3, -0.25) is 9.69 Å². The number of carbonyl (C=O) groups excluding carboxylic acids is 1. The molecule has 3 saturated heterocycles. The highest BCUT2D eigenvalue weighted by Crippen LogP contribution is 2.53. The molecule has 9 atom stereocenters. The molecule has 4 aromatic rings. The van der Waals surface area contributed by atoms with Crippen molar-refractivity contribution in [2.24, 2.45) is 23.7 Å². The van der Waals surface area contributed by atoms with Gasteiger partial charge in [-0.25, -0.2) is 0 Å². The van der Waals surface area contributed by atoms with Crippen molar-refractivity contribution >= 4 is 27.8 Å². The Bertz CT molecular complexity index is 1900. The summed E-state index contributed by atoms with van der Waals surface area (Å²) in [4.78, 5) is 24.3. The quantitative estimate of drug-likeness (QED) is 0.170. The maximum Gasteiger partial charge on any atom is 0.310 e. The van der Waals surface area contributed by atoms with Gasteiger partial charge < -0.3 is 24.8 Å². The Labute approximate surface area is 277 Å². The van der Waals surface area contributed by atoms with E-state index in [2.05, 4.69) is 76.5 Å². The molecular weight excluding hydrogens is 584 g/mol. The third kappa shape index (κ3) is 4.41. The maximum atomic E-state index is 13.6. The van der Waals surface area contributed by atoms with E-state index in [1.165, 1.54) is 82.9 Å². The van der Waals surface area contributed by atoms with E-state index in [-0.39, 0.29) is 29.8 Å². The number of esters is 1. The van der Waals surface area contributed by atoms with Crippen LogP contribution in [0.15, 0.2) is 48.0 Å². The molecule has 4 aliphatic heterocycles. The molecule has 2 aromatic heterocycles. The van der Waals surface area contributed by atoms with Crippen molar-refractivity contribution in [2.75, 3.05) is 33.9 Å².